The molecule has 2 amide bonds. The van der Waals surface area contributed by atoms with Crippen molar-refractivity contribution < 1.29 is 19.5 Å². The van der Waals surface area contributed by atoms with Gasteiger partial charge in [0.1, 0.15) is 5.84 Å². The first-order valence-corrected chi connectivity index (χ1v) is 14.8. The Balaban J connectivity index is 1.69. The number of carboxylic acids is 1. The largest absolute Gasteiger partial charge is 0.478 e. The Morgan fingerprint density at radius 1 is 1.00 bits per heavy atom. The van der Waals surface area contributed by atoms with Crippen LogP contribution in [0.3, 0.4) is 0 Å². The quantitative estimate of drug-likeness (QED) is 0.0970. The molecule has 0 bridgehead atoms. The van der Waals surface area contributed by atoms with Crippen LogP contribution in [0.1, 0.15) is 82.6 Å². The van der Waals surface area contributed by atoms with Crippen molar-refractivity contribution in [3.63, 3.8) is 0 Å². The lowest BCUT2D eigenvalue weighted by Crippen LogP contribution is -2.36. The van der Waals surface area contributed by atoms with Crippen LogP contribution in [0.4, 0.5) is 11.4 Å². The number of hydrogen-bond donors (Lipinski definition) is 6. The van der Waals surface area contributed by atoms with Crippen molar-refractivity contribution in [1.82, 2.24) is 0 Å². The van der Waals surface area contributed by atoms with Crippen LogP contribution in [0.25, 0.3) is 11.1 Å². The summed E-state index contributed by atoms with van der Waals surface area (Å²) < 4.78 is 0. The van der Waals surface area contributed by atoms with E-state index in [1.807, 2.05) is 56.3 Å². The molecule has 1 heterocycles. The molecule has 0 spiro atoms. The van der Waals surface area contributed by atoms with Crippen molar-refractivity contribution in [3.8, 4) is 11.1 Å². The topological polar surface area (TPSA) is 171 Å². The number of primary amides is 1. The van der Waals surface area contributed by atoms with Crippen LogP contribution in [0.15, 0.2) is 84.9 Å². The number of rotatable bonds is 9. The average Bonchev–Trinajstić information content (AvgIpc) is 3.00. The minimum Gasteiger partial charge on any atom is -0.478 e. The molecular formula is C36H37N5O4. The molecule has 4 aromatic carbocycles. The molecule has 1 aliphatic rings. The van der Waals surface area contributed by atoms with Gasteiger partial charge in [0.15, 0.2) is 0 Å². The van der Waals surface area contributed by atoms with Gasteiger partial charge in [0.05, 0.1) is 11.6 Å². The summed E-state index contributed by atoms with van der Waals surface area (Å²) in [5, 5.41) is 25.1. The average molecular weight is 604 g/mol. The number of amides is 2. The van der Waals surface area contributed by atoms with Crippen LogP contribution in [0.2, 0.25) is 0 Å². The van der Waals surface area contributed by atoms with Crippen LogP contribution in [-0.4, -0.2) is 28.7 Å². The summed E-state index contributed by atoms with van der Waals surface area (Å²) in [5.74, 6) is -1.97. The van der Waals surface area contributed by atoms with E-state index in [1.54, 1.807) is 42.5 Å². The standard InChI is InChI=1S/C36H37N5O4/c1-20(2)16-30(42)40-24-11-7-8-21(17-24)25-13-14-26(34(39)43)31(32(25)35(44)45)29-19-36(3,23-9-5-4-6-10-23)27-18-22(33(37)38)12-15-28(27)41-29/h4-15,17-18,20,29,41H,16,19H2,1-3H3,(H3,37,38)(H2,39,43)(H,40,42)(H,44,45). The minimum absolute atomic E-state index is 0.0475. The third-order valence-electron chi connectivity index (χ3n) is 8.40. The minimum atomic E-state index is -1.21. The van der Waals surface area contributed by atoms with E-state index in [9.17, 15) is 19.5 Å². The molecule has 5 rings (SSSR count). The Hall–Kier alpha value is -5.44. The van der Waals surface area contributed by atoms with E-state index in [0.717, 1.165) is 16.8 Å². The number of fused-ring (bicyclic) bond motifs is 1. The molecule has 0 aromatic heterocycles. The number of nitrogens with one attached hydrogen (secondary N) is 3. The Kier molecular flexibility index (Phi) is 8.46. The van der Waals surface area contributed by atoms with Crippen molar-refractivity contribution in [3.05, 3.63) is 118 Å². The van der Waals surface area contributed by atoms with Crippen molar-refractivity contribution in [2.45, 2.75) is 45.1 Å². The van der Waals surface area contributed by atoms with Gasteiger partial charge in [0, 0.05) is 39.9 Å². The normalized spacial score (nSPS) is 17.2. The van der Waals surface area contributed by atoms with Crippen molar-refractivity contribution in [2.24, 2.45) is 17.4 Å². The van der Waals surface area contributed by atoms with Crippen LogP contribution < -0.4 is 22.1 Å². The number of hydrogen-bond acceptors (Lipinski definition) is 5. The molecule has 0 radical (unpaired) electrons. The maximum atomic E-state index is 13.1. The lowest BCUT2D eigenvalue weighted by molar-refractivity contribution is -0.116. The van der Waals surface area contributed by atoms with E-state index in [-0.39, 0.29) is 34.4 Å². The number of benzene rings is 4. The molecule has 4 aromatic rings. The van der Waals surface area contributed by atoms with Gasteiger partial charge in [-0.05, 0) is 71.0 Å². The Bertz CT molecular complexity index is 1820. The lowest BCUT2D eigenvalue weighted by Gasteiger charge is -2.42. The van der Waals surface area contributed by atoms with Crippen molar-refractivity contribution in [1.29, 1.82) is 5.41 Å². The Labute approximate surface area is 262 Å². The van der Waals surface area contributed by atoms with Gasteiger partial charge in [-0.2, -0.15) is 0 Å². The number of nitrogen functional groups attached to an aromatic ring is 1. The molecule has 2 unspecified atom stereocenters. The highest BCUT2D eigenvalue weighted by Crippen LogP contribution is 2.50. The van der Waals surface area contributed by atoms with Crippen molar-refractivity contribution >= 4 is 35.0 Å². The summed E-state index contributed by atoms with van der Waals surface area (Å²) in [6, 6.07) is 24.8. The molecule has 0 saturated carbocycles. The number of carbonyl (C=O) groups excluding carboxylic acids is 2. The summed E-state index contributed by atoms with van der Waals surface area (Å²) >= 11 is 0. The monoisotopic (exact) mass is 603 g/mol. The fraction of sp³-hybridized carbons (Fsp3) is 0.222. The van der Waals surface area contributed by atoms with Crippen LogP contribution in [0.5, 0.6) is 0 Å². The summed E-state index contributed by atoms with van der Waals surface area (Å²) in [5.41, 5.74) is 16.1. The van der Waals surface area contributed by atoms with Crippen LogP contribution in [0, 0.1) is 11.3 Å². The molecular weight excluding hydrogens is 566 g/mol. The predicted octanol–water partition coefficient (Wildman–Crippen LogP) is 6.28. The van der Waals surface area contributed by atoms with E-state index < -0.39 is 23.3 Å². The number of carboxylic acid groups (broad SMARTS) is 1. The molecule has 230 valence electrons. The van der Waals surface area contributed by atoms with E-state index in [4.69, 9.17) is 16.9 Å². The van der Waals surface area contributed by atoms with Gasteiger partial charge in [-0.15, -0.1) is 0 Å². The zero-order valence-electron chi connectivity index (χ0n) is 25.5. The molecule has 9 heteroatoms. The number of aromatic carboxylic acids is 1. The second-order valence-corrected chi connectivity index (χ2v) is 12.1. The molecule has 1 aliphatic heterocycles. The maximum Gasteiger partial charge on any atom is 0.336 e. The third-order valence-corrected chi connectivity index (χ3v) is 8.40. The van der Waals surface area contributed by atoms with E-state index in [0.29, 0.717) is 35.2 Å². The second-order valence-electron chi connectivity index (χ2n) is 12.1. The Morgan fingerprint density at radius 2 is 1.73 bits per heavy atom. The maximum absolute atomic E-state index is 13.1. The van der Waals surface area contributed by atoms with E-state index >= 15 is 0 Å². The van der Waals surface area contributed by atoms with Gasteiger partial charge < -0.3 is 27.2 Å². The molecule has 45 heavy (non-hydrogen) atoms. The van der Waals surface area contributed by atoms with Gasteiger partial charge in [0.25, 0.3) is 0 Å². The number of anilines is 2. The smallest absolute Gasteiger partial charge is 0.336 e. The number of carbonyl (C=O) groups is 3. The highest BCUT2D eigenvalue weighted by atomic mass is 16.4. The summed E-state index contributed by atoms with van der Waals surface area (Å²) in [6.45, 7) is 5.98. The molecule has 2 atom stereocenters. The zero-order valence-corrected chi connectivity index (χ0v) is 25.5. The zero-order chi connectivity index (χ0) is 32.5. The molecule has 0 saturated heterocycles. The van der Waals surface area contributed by atoms with Gasteiger partial charge in [-0.25, -0.2) is 4.79 Å². The van der Waals surface area contributed by atoms with Gasteiger partial charge >= 0.3 is 5.97 Å². The van der Waals surface area contributed by atoms with Crippen LogP contribution >= 0.6 is 0 Å². The van der Waals surface area contributed by atoms with E-state index in [1.165, 1.54) is 0 Å². The number of nitrogens with two attached hydrogens (primary N) is 2. The fourth-order valence-electron chi connectivity index (χ4n) is 6.32. The van der Waals surface area contributed by atoms with Gasteiger partial charge in [0.2, 0.25) is 11.8 Å². The highest BCUT2D eigenvalue weighted by molar-refractivity contribution is 6.04. The van der Waals surface area contributed by atoms with Crippen LogP contribution in [-0.2, 0) is 10.2 Å². The molecule has 0 fully saturated rings. The summed E-state index contributed by atoms with van der Waals surface area (Å²) in [4.78, 5) is 38.5. The molecule has 8 N–H and O–H groups in total. The Morgan fingerprint density at radius 3 is 2.38 bits per heavy atom. The molecule has 0 aliphatic carbocycles. The summed E-state index contributed by atoms with van der Waals surface area (Å²) in [7, 11) is 0. The van der Waals surface area contributed by atoms with E-state index in [2.05, 4.69) is 17.6 Å². The first-order chi connectivity index (χ1) is 21.4. The van der Waals surface area contributed by atoms with Crippen molar-refractivity contribution in [2.75, 3.05) is 10.6 Å². The third kappa shape index (κ3) is 6.15. The molecule has 9 nitrogen and oxygen atoms in total. The van der Waals surface area contributed by atoms with Gasteiger partial charge in [-0.1, -0.05) is 69.3 Å². The SMILES string of the molecule is CC(C)CC(=O)Nc1cccc(-c2ccc(C(N)=O)c(C3CC(C)(c4ccccc4)c4cc(C(=N)N)ccc4N3)c2C(=O)O)c1. The first-order valence-electron chi connectivity index (χ1n) is 14.8. The predicted molar refractivity (Wildman–Crippen MR) is 177 cm³/mol. The fourth-order valence-corrected chi connectivity index (χ4v) is 6.32. The summed E-state index contributed by atoms with van der Waals surface area (Å²) in [6.07, 6.45) is 0.728. The lowest BCUT2D eigenvalue weighted by atomic mass is 9.67. The second kappa shape index (κ2) is 12.3. The number of amidine groups is 1. The first kappa shape index (κ1) is 31.0. The van der Waals surface area contributed by atoms with Gasteiger partial charge in [-0.3, -0.25) is 15.0 Å². The highest BCUT2D eigenvalue weighted by Gasteiger charge is 2.41.